The number of hydrogen-bond donors (Lipinski definition) is 4. The first-order chi connectivity index (χ1) is 37.6. The van der Waals surface area contributed by atoms with Crippen LogP contribution >= 0.6 is 92.8 Å². The van der Waals surface area contributed by atoms with E-state index in [4.69, 9.17) is 107 Å². The number of carbonyl (C=O) groups excluding carboxylic acids is 1. The van der Waals surface area contributed by atoms with Crippen molar-refractivity contribution in [3.05, 3.63) is 178 Å². The highest BCUT2D eigenvalue weighted by Crippen LogP contribution is 2.43. The van der Waals surface area contributed by atoms with Gasteiger partial charge in [-0.05, 0) is 128 Å². The summed E-state index contributed by atoms with van der Waals surface area (Å²) < 4.78 is 104. The van der Waals surface area contributed by atoms with E-state index in [2.05, 4.69) is 29.1 Å². The van der Waals surface area contributed by atoms with Gasteiger partial charge in [-0.15, -0.1) is 0 Å². The van der Waals surface area contributed by atoms with Crippen LogP contribution in [0.5, 0.6) is 23.0 Å². The van der Waals surface area contributed by atoms with E-state index in [1.54, 1.807) is 31.2 Å². The van der Waals surface area contributed by atoms with Crippen LogP contribution in [0.15, 0.2) is 130 Å². The fraction of sp³-hybridized carbons (Fsp3) is 0.0980. The van der Waals surface area contributed by atoms with Crippen molar-refractivity contribution in [3.63, 3.8) is 0 Å². The molecular formula is C51H36Cl8N6O12S3. The molecular weight excluding hydrogens is 1270 g/mol. The number of fused-ring (bicyclic) bond motifs is 2. The fourth-order valence-electron chi connectivity index (χ4n) is 7.74. The Morgan fingerprint density at radius 2 is 1.00 bits per heavy atom. The van der Waals surface area contributed by atoms with Crippen molar-refractivity contribution in [2.45, 2.75) is 41.4 Å². The largest absolute Gasteiger partial charge is 0.481 e. The Hall–Kier alpha value is -6.21. The lowest BCUT2D eigenvalue weighted by atomic mass is 10.1. The van der Waals surface area contributed by atoms with Crippen LogP contribution < -0.4 is 18.9 Å². The molecule has 0 aliphatic heterocycles. The number of methoxy groups -OCH3 is 1. The molecule has 2 heterocycles. The van der Waals surface area contributed by atoms with E-state index in [0.29, 0.717) is 33.0 Å². The number of carboxylic acids is 1. The number of halogens is 8. The van der Waals surface area contributed by atoms with Crippen molar-refractivity contribution < 1.29 is 54.2 Å². The van der Waals surface area contributed by atoms with Gasteiger partial charge in [-0.1, -0.05) is 105 Å². The number of aromatic nitrogens is 4. The lowest BCUT2D eigenvalue weighted by Gasteiger charge is -2.16. The van der Waals surface area contributed by atoms with Crippen LogP contribution in [0.3, 0.4) is 0 Å². The number of esters is 1. The number of nitrogens with one attached hydrogen (secondary N) is 3. The van der Waals surface area contributed by atoms with Crippen molar-refractivity contribution in [2.75, 3.05) is 16.6 Å². The zero-order valence-electron chi connectivity index (χ0n) is 40.9. The van der Waals surface area contributed by atoms with E-state index < -0.39 is 42.0 Å². The number of ether oxygens (including phenoxy) is 3. The van der Waals surface area contributed by atoms with Crippen molar-refractivity contribution >= 4 is 168 Å². The van der Waals surface area contributed by atoms with Crippen molar-refractivity contribution in [2.24, 2.45) is 0 Å². The van der Waals surface area contributed by atoms with E-state index in [9.17, 15) is 34.8 Å². The van der Waals surface area contributed by atoms with Gasteiger partial charge in [0, 0.05) is 15.1 Å². The molecule has 18 nitrogen and oxygen atoms in total. The van der Waals surface area contributed by atoms with Gasteiger partial charge in [0.05, 0.1) is 56.1 Å². The summed E-state index contributed by atoms with van der Waals surface area (Å²) in [6.07, 6.45) is -0.246. The van der Waals surface area contributed by atoms with Crippen LogP contribution in [0.2, 0.25) is 40.2 Å². The average molecular weight is 1300 g/mol. The number of benzene rings is 7. The van der Waals surface area contributed by atoms with Crippen LogP contribution in [0.25, 0.3) is 22.1 Å². The Morgan fingerprint density at radius 3 is 1.46 bits per heavy atom. The number of H-pyrrole nitrogens is 1. The molecule has 0 saturated carbocycles. The van der Waals surface area contributed by atoms with Crippen LogP contribution in [-0.4, -0.2) is 68.3 Å². The second-order valence-corrected chi connectivity index (χ2v) is 25.3. The first-order valence-electron chi connectivity index (χ1n) is 22.5. The quantitative estimate of drug-likeness (QED) is 0.0657. The molecule has 416 valence electrons. The van der Waals surface area contributed by atoms with E-state index >= 15 is 0 Å². The molecule has 0 aliphatic carbocycles. The average Bonchev–Trinajstić information content (AvgIpc) is 4.17. The predicted molar refractivity (Wildman–Crippen MR) is 309 cm³/mol. The monoisotopic (exact) mass is 1300 g/mol. The first kappa shape index (κ1) is 59.9. The number of rotatable bonds is 16. The number of carbonyl (C=O) groups is 2. The van der Waals surface area contributed by atoms with Gasteiger partial charge in [0.25, 0.3) is 30.1 Å². The van der Waals surface area contributed by atoms with Crippen molar-refractivity contribution in [1.29, 1.82) is 0 Å². The molecule has 0 fully saturated rings. The minimum absolute atomic E-state index is 0.00436. The number of imidazole rings is 2. The third-order valence-electron chi connectivity index (χ3n) is 11.3. The van der Waals surface area contributed by atoms with Crippen molar-refractivity contribution in [1.82, 2.24) is 18.9 Å². The Morgan fingerprint density at radius 1 is 0.550 bits per heavy atom. The summed E-state index contributed by atoms with van der Waals surface area (Å²) in [7, 11) is -11.7. The maximum absolute atomic E-state index is 13.9. The Balaban J connectivity index is 0.000000220. The van der Waals surface area contributed by atoms with Crippen LogP contribution in [0.1, 0.15) is 22.8 Å². The Bertz CT molecular complexity index is 4340. The number of aryl methyl sites for hydroxylation is 2. The van der Waals surface area contributed by atoms with Gasteiger partial charge in [0.2, 0.25) is 0 Å². The van der Waals surface area contributed by atoms with Crippen LogP contribution in [0, 0.1) is 13.8 Å². The molecule has 0 unspecified atom stereocenters. The highest BCUT2D eigenvalue weighted by atomic mass is 35.5. The van der Waals surface area contributed by atoms with Gasteiger partial charge < -0.3 is 24.3 Å². The maximum atomic E-state index is 13.9. The zero-order chi connectivity index (χ0) is 58.2. The standard InChI is InChI=1S/C29H20Cl5N3O7S2.C22H16Cl3N3O5S/c1-15-35-28-22(37(15)46(41,42)26-10-5-18(31)14-21(26)34)6-8-24(44-23-7-3-16(11-19(23)32)12-27(38)43-2)29(28)36-45(39,40)25-9-4-17(30)13-20(25)33;1-11-26-16-4-6-18(33-17-5-2-12(8-14(17)24)9-20(29)30)22(21(16)27-11)28-34(31,32)19-7-3-13(23)10-15(19)25/h3-11,13-14,36H,12H2,1-2H3;2-8,10,28H,9H2,1H3,(H,26,27)(H,29,30). The van der Waals surface area contributed by atoms with Gasteiger partial charge in [-0.25, -0.2) is 39.2 Å². The number of nitrogens with zero attached hydrogens (tertiary/aromatic N) is 3. The molecule has 7 aromatic carbocycles. The molecule has 0 saturated heterocycles. The molecule has 4 N–H and O–H groups in total. The van der Waals surface area contributed by atoms with E-state index in [1.807, 2.05) is 0 Å². The highest BCUT2D eigenvalue weighted by Gasteiger charge is 2.30. The molecule has 0 aliphatic rings. The minimum Gasteiger partial charge on any atom is -0.481 e. The molecule has 0 amide bonds. The molecule has 9 rings (SSSR count). The first-order valence-corrected chi connectivity index (χ1v) is 30.0. The van der Waals surface area contributed by atoms with Crippen LogP contribution in [0.4, 0.5) is 11.4 Å². The fourth-order valence-corrected chi connectivity index (χ4v) is 14.2. The summed E-state index contributed by atoms with van der Waals surface area (Å²) in [4.78, 5) is 33.8. The number of sulfonamides is 2. The molecule has 0 bridgehead atoms. The number of anilines is 2. The number of aromatic amines is 1. The Kier molecular flexibility index (Phi) is 18.0. The van der Waals surface area contributed by atoms with E-state index in [-0.39, 0.29) is 114 Å². The van der Waals surface area contributed by atoms with Gasteiger partial charge in [0.1, 0.15) is 60.2 Å². The van der Waals surface area contributed by atoms with Gasteiger partial charge >= 0.3 is 11.9 Å². The molecule has 0 radical (unpaired) electrons. The Labute approximate surface area is 496 Å². The summed E-state index contributed by atoms with van der Waals surface area (Å²) in [5.41, 5.74) is 1.68. The second-order valence-electron chi connectivity index (χ2n) is 16.9. The smallest absolute Gasteiger partial charge is 0.309 e. The third kappa shape index (κ3) is 13.2. The lowest BCUT2D eigenvalue weighted by Crippen LogP contribution is -2.16. The SMILES string of the molecule is COC(=O)Cc1ccc(Oc2ccc3c(nc(C)n3S(=O)(=O)c3ccc(Cl)cc3Cl)c2NS(=O)(=O)c2ccc(Cl)cc2Cl)c(Cl)c1.Cc1nc2c(NS(=O)(=O)c3ccc(Cl)cc3Cl)c(Oc3ccc(CC(=O)O)cc3Cl)ccc2[nH]1. The summed E-state index contributed by atoms with van der Waals surface area (Å²) in [5.74, 6) is -0.601. The van der Waals surface area contributed by atoms with Gasteiger partial charge in [-0.3, -0.25) is 19.0 Å². The van der Waals surface area contributed by atoms with Gasteiger partial charge in [0.15, 0.2) is 11.5 Å². The maximum Gasteiger partial charge on any atom is 0.309 e. The predicted octanol–water partition coefficient (Wildman–Crippen LogP) is 14.2. The summed E-state index contributed by atoms with van der Waals surface area (Å²) in [6, 6.07) is 26.8. The normalized spacial score (nSPS) is 11.7. The molecule has 29 heteroatoms. The highest BCUT2D eigenvalue weighted by molar-refractivity contribution is 7.93. The molecule has 2 aromatic heterocycles. The number of hydrogen-bond acceptors (Lipinski definition) is 13. The van der Waals surface area contributed by atoms with Crippen molar-refractivity contribution in [3.8, 4) is 23.0 Å². The summed E-state index contributed by atoms with van der Waals surface area (Å²) in [5, 5.41) is 9.61. The lowest BCUT2D eigenvalue weighted by molar-refractivity contribution is -0.140. The molecule has 0 spiro atoms. The number of carboxylic acid groups (broad SMARTS) is 1. The molecule has 9 aromatic rings. The van der Waals surface area contributed by atoms with E-state index in [0.717, 1.165) is 3.97 Å². The van der Waals surface area contributed by atoms with E-state index in [1.165, 1.54) is 105 Å². The number of aliphatic carboxylic acids is 1. The minimum atomic E-state index is -4.44. The topological polar surface area (TPSA) is 255 Å². The third-order valence-corrected chi connectivity index (χ3v) is 18.5. The van der Waals surface area contributed by atoms with Crippen LogP contribution in [-0.2, 0) is 57.2 Å². The van der Waals surface area contributed by atoms with Gasteiger partial charge in [-0.2, -0.15) is 0 Å². The zero-order valence-corrected chi connectivity index (χ0v) is 49.4. The molecule has 0 atom stereocenters. The molecule has 80 heavy (non-hydrogen) atoms. The second kappa shape index (κ2) is 24.1. The summed E-state index contributed by atoms with van der Waals surface area (Å²) in [6.45, 7) is 3.15. The summed E-state index contributed by atoms with van der Waals surface area (Å²) >= 11 is 49.2.